The SMILES string of the molecule is CC1CC(Oc2ccc3cc(OCc4c(-c5ccccc5OC(F)(F)F)noc4C4CC4)ccc3c2)=NC=C1C(=O)O. The van der Waals surface area contributed by atoms with Crippen LogP contribution in [0.1, 0.15) is 43.4 Å². The second-order valence-corrected chi connectivity index (χ2v) is 10.3. The van der Waals surface area contributed by atoms with Crippen molar-refractivity contribution in [2.24, 2.45) is 10.9 Å². The molecular formula is C31H25F3N2O6. The van der Waals surface area contributed by atoms with Gasteiger partial charge >= 0.3 is 12.3 Å². The highest BCUT2D eigenvalue weighted by Crippen LogP contribution is 2.45. The number of carboxylic acid groups (broad SMARTS) is 1. The summed E-state index contributed by atoms with van der Waals surface area (Å²) in [5, 5.41) is 15.1. The lowest BCUT2D eigenvalue weighted by atomic mass is 9.97. The number of rotatable bonds is 8. The Labute approximate surface area is 238 Å². The van der Waals surface area contributed by atoms with E-state index in [0.717, 1.165) is 23.6 Å². The standard InChI is InChI=1S/C31H25F3N2O6/c1-17-12-27(35-15-24(17)30(37)38)40-22-11-9-19-13-21(10-8-20(19)14-22)39-16-25-28(36-42-29(25)18-6-7-18)23-4-2-3-5-26(23)41-31(32,33)34/h2-5,8-11,13-15,17-18H,6-7,12,16H2,1H3,(H,37,38). The molecule has 0 radical (unpaired) electrons. The predicted octanol–water partition coefficient (Wildman–Crippen LogP) is 7.64. The minimum atomic E-state index is -4.85. The molecule has 1 aliphatic heterocycles. The van der Waals surface area contributed by atoms with Crippen LogP contribution in [0.15, 0.2) is 82.0 Å². The quantitative estimate of drug-likeness (QED) is 0.229. The first-order valence-corrected chi connectivity index (χ1v) is 13.3. The van der Waals surface area contributed by atoms with Crippen LogP contribution in [0.3, 0.4) is 0 Å². The summed E-state index contributed by atoms with van der Waals surface area (Å²) in [5.41, 5.74) is 1.25. The average molecular weight is 579 g/mol. The number of carboxylic acids is 1. The van der Waals surface area contributed by atoms with Gasteiger partial charge < -0.3 is 23.8 Å². The highest BCUT2D eigenvalue weighted by Gasteiger charge is 2.36. The van der Waals surface area contributed by atoms with Crippen molar-refractivity contribution in [3.63, 3.8) is 0 Å². The number of aliphatic imine (C=N–C) groups is 1. The summed E-state index contributed by atoms with van der Waals surface area (Å²) in [5.74, 6) is 0.755. The number of hydrogen-bond donors (Lipinski definition) is 1. The highest BCUT2D eigenvalue weighted by molar-refractivity contribution is 5.92. The van der Waals surface area contributed by atoms with Gasteiger partial charge in [0.1, 0.15) is 35.3 Å². The third-order valence-corrected chi connectivity index (χ3v) is 7.14. The van der Waals surface area contributed by atoms with Crippen LogP contribution < -0.4 is 14.2 Å². The number of aliphatic carboxylic acids is 1. The smallest absolute Gasteiger partial charge is 0.489 e. The molecule has 0 bridgehead atoms. The Bertz CT molecular complexity index is 1720. The highest BCUT2D eigenvalue weighted by atomic mass is 19.4. The van der Waals surface area contributed by atoms with E-state index in [1.54, 1.807) is 18.2 Å². The van der Waals surface area contributed by atoms with Gasteiger partial charge in [-0.25, -0.2) is 9.79 Å². The van der Waals surface area contributed by atoms with E-state index in [1.165, 1.54) is 24.4 Å². The van der Waals surface area contributed by atoms with Crippen molar-refractivity contribution in [3.05, 3.63) is 83.8 Å². The van der Waals surface area contributed by atoms with Crippen LogP contribution in [0, 0.1) is 5.92 Å². The zero-order valence-electron chi connectivity index (χ0n) is 22.4. The van der Waals surface area contributed by atoms with Gasteiger partial charge in [-0.3, -0.25) is 0 Å². The van der Waals surface area contributed by atoms with E-state index in [2.05, 4.69) is 14.9 Å². The van der Waals surface area contributed by atoms with Gasteiger partial charge in [0.05, 0.1) is 11.1 Å². The Morgan fingerprint density at radius 3 is 2.45 bits per heavy atom. The molecule has 8 nitrogen and oxygen atoms in total. The Hall–Kier alpha value is -4.80. The second kappa shape index (κ2) is 10.9. The maximum atomic E-state index is 13.1. The van der Waals surface area contributed by atoms with Gasteiger partial charge in [0.25, 0.3) is 0 Å². The van der Waals surface area contributed by atoms with Gasteiger partial charge in [0.2, 0.25) is 0 Å². The molecule has 2 aliphatic rings. The summed E-state index contributed by atoms with van der Waals surface area (Å²) in [6.45, 7) is 1.85. The van der Waals surface area contributed by atoms with E-state index < -0.39 is 12.3 Å². The number of fused-ring (bicyclic) bond motifs is 1. The van der Waals surface area contributed by atoms with Gasteiger partial charge in [0, 0.05) is 24.1 Å². The minimum Gasteiger partial charge on any atom is -0.489 e. The van der Waals surface area contributed by atoms with Gasteiger partial charge in [-0.1, -0.05) is 36.3 Å². The molecule has 11 heteroatoms. The van der Waals surface area contributed by atoms with Gasteiger partial charge in [-0.2, -0.15) is 0 Å². The fourth-order valence-electron chi connectivity index (χ4n) is 4.89. The molecular weight excluding hydrogens is 553 g/mol. The molecule has 0 saturated heterocycles. The average Bonchev–Trinajstić information content (AvgIpc) is 3.70. The summed E-state index contributed by atoms with van der Waals surface area (Å²) in [6.07, 6.45) is -1.33. The number of carbonyl (C=O) groups is 1. The van der Waals surface area contributed by atoms with Crippen molar-refractivity contribution in [2.45, 2.75) is 45.1 Å². The number of benzene rings is 3. The number of aromatic nitrogens is 1. The molecule has 1 aromatic heterocycles. The number of para-hydroxylation sites is 1. The summed E-state index contributed by atoms with van der Waals surface area (Å²) < 4.78 is 61.0. The molecule has 4 aromatic rings. The van der Waals surface area contributed by atoms with E-state index in [0.29, 0.717) is 35.1 Å². The second-order valence-electron chi connectivity index (χ2n) is 10.3. The van der Waals surface area contributed by atoms with E-state index >= 15 is 0 Å². The van der Waals surface area contributed by atoms with Crippen LogP contribution in [0.2, 0.25) is 0 Å². The predicted molar refractivity (Wildman–Crippen MR) is 146 cm³/mol. The molecule has 1 fully saturated rings. The van der Waals surface area contributed by atoms with Crippen LogP contribution in [-0.4, -0.2) is 28.5 Å². The molecule has 1 N–H and O–H groups in total. The van der Waals surface area contributed by atoms with E-state index in [9.17, 15) is 23.1 Å². The molecule has 216 valence electrons. The van der Waals surface area contributed by atoms with Crippen molar-refractivity contribution < 1.29 is 41.8 Å². The Kier molecular flexibility index (Phi) is 7.09. The van der Waals surface area contributed by atoms with Crippen molar-refractivity contribution in [1.29, 1.82) is 0 Å². The molecule has 0 amide bonds. The Morgan fingerprint density at radius 1 is 1.05 bits per heavy atom. The molecule has 42 heavy (non-hydrogen) atoms. The molecule has 6 rings (SSSR count). The first kappa shape index (κ1) is 27.4. The zero-order chi connectivity index (χ0) is 29.4. The molecule has 3 aromatic carbocycles. The summed E-state index contributed by atoms with van der Waals surface area (Å²) in [4.78, 5) is 15.4. The Balaban J connectivity index is 1.21. The Morgan fingerprint density at radius 2 is 1.76 bits per heavy atom. The summed E-state index contributed by atoms with van der Waals surface area (Å²) in [6, 6.07) is 16.8. The third kappa shape index (κ3) is 5.95. The topological polar surface area (TPSA) is 103 Å². The number of hydrogen-bond acceptors (Lipinski definition) is 7. The lowest BCUT2D eigenvalue weighted by Gasteiger charge is -2.18. The van der Waals surface area contributed by atoms with Gasteiger partial charge in [-0.15, -0.1) is 13.2 Å². The molecule has 1 saturated carbocycles. The van der Waals surface area contributed by atoms with Crippen LogP contribution in [0.5, 0.6) is 17.2 Å². The largest absolute Gasteiger partial charge is 0.573 e. The maximum Gasteiger partial charge on any atom is 0.573 e. The van der Waals surface area contributed by atoms with Crippen LogP contribution in [-0.2, 0) is 11.4 Å². The fraction of sp³-hybridized carbons (Fsp3) is 0.258. The molecule has 1 atom stereocenters. The van der Waals surface area contributed by atoms with Crippen molar-refractivity contribution in [3.8, 4) is 28.5 Å². The fourth-order valence-corrected chi connectivity index (χ4v) is 4.89. The lowest BCUT2D eigenvalue weighted by molar-refractivity contribution is -0.274. The monoisotopic (exact) mass is 578 g/mol. The van der Waals surface area contributed by atoms with Crippen molar-refractivity contribution in [2.75, 3.05) is 0 Å². The van der Waals surface area contributed by atoms with Gasteiger partial charge in [-0.05, 0) is 65.9 Å². The lowest BCUT2D eigenvalue weighted by Crippen LogP contribution is -2.21. The molecule has 1 unspecified atom stereocenters. The maximum absolute atomic E-state index is 13.1. The molecule has 0 spiro atoms. The van der Waals surface area contributed by atoms with E-state index in [1.807, 2.05) is 31.2 Å². The number of halogens is 3. The first-order valence-electron chi connectivity index (χ1n) is 13.3. The number of ether oxygens (including phenoxy) is 3. The summed E-state index contributed by atoms with van der Waals surface area (Å²) in [7, 11) is 0. The number of alkyl halides is 3. The molecule has 1 aliphatic carbocycles. The van der Waals surface area contributed by atoms with Crippen LogP contribution >= 0.6 is 0 Å². The minimum absolute atomic E-state index is 0.0432. The van der Waals surface area contributed by atoms with E-state index in [4.69, 9.17) is 14.0 Å². The first-order chi connectivity index (χ1) is 20.1. The van der Waals surface area contributed by atoms with Crippen LogP contribution in [0.4, 0.5) is 13.2 Å². The normalized spacial score (nSPS) is 17.0. The third-order valence-electron chi connectivity index (χ3n) is 7.14. The van der Waals surface area contributed by atoms with Crippen molar-refractivity contribution >= 4 is 22.6 Å². The number of nitrogens with zero attached hydrogens (tertiary/aromatic N) is 2. The van der Waals surface area contributed by atoms with Gasteiger partial charge in [0.15, 0.2) is 5.90 Å². The summed E-state index contributed by atoms with van der Waals surface area (Å²) >= 11 is 0. The van der Waals surface area contributed by atoms with Crippen molar-refractivity contribution in [1.82, 2.24) is 5.16 Å². The van der Waals surface area contributed by atoms with Crippen LogP contribution in [0.25, 0.3) is 22.0 Å². The van der Waals surface area contributed by atoms with E-state index in [-0.39, 0.29) is 41.0 Å². The zero-order valence-corrected chi connectivity index (χ0v) is 22.4. The molecule has 2 heterocycles.